The molecular formula is C43H37N4OPt-. The molecule has 3 heterocycles. The van der Waals surface area contributed by atoms with Gasteiger partial charge >= 0.3 is 0 Å². The first-order valence-electron chi connectivity index (χ1n) is 16.4. The van der Waals surface area contributed by atoms with Crippen molar-refractivity contribution in [3.63, 3.8) is 0 Å². The smallest absolute Gasteiger partial charge is 0.188 e. The summed E-state index contributed by atoms with van der Waals surface area (Å²) in [4.78, 5) is 4.91. The summed E-state index contributed by atoms with van der Waals surface area (Å²) in [5.74, 6) is 2.09. The zero-order valence-corrected chi connectivity index (χ0v) is 30.8. The molecule has 0 aliphatic heterocycles. The van der Waals surface area contributed by atoms with Crippen molar-refractivity contribution in [3.05, 3.63) is 144 Å². The number of aromatic nitrogens is 4. The third kappa shape index (κ3) is 5.66. The third-order valence-electron chi connectivity index (χ3n) is 9.29. The fourth-order valence-corrected chi connectivity index (χ4v) is 6.93. The molecule has 8 aromatic rings. The van der Waals surface area contributed by atoms with E-state index in [1.807, 2.05) is 18.3 Å². The Hall–Kier alpha value is -4.99. The zero-order valence-electron chi connectivity index (χ0n) is 28.5. The van der Waals surface area contributed by atoms with Crippen LogP contribution in [0.1, 0.15) is 37.5 Å². The molecule has 49 heavy (non-hydrogen) atoms. The molecule has 0 saturated carbocycles. The quantitative estimate of drug-likeness (QED) is 0.162. The number of fused-ring (bicyclic) bond motifs is 4. The van der Waals surface area contributed by atoms with Crippen LogP contribution in [0, 0.1) is 26.0 Å². The summed E-state index contributed by atoms with van der Waals surface area (Å²) in [6.07, 6.45) is 3.99. The molecule has 8 rings (SSSR count). The summed E-state index contributed by atoms with van der Waals surface area (Å²) in [5, 5.41) is 2.28. The van der Waals surface area contributed by atoms with E-state index in [1.165, 1.54) is 22.3 Å². The fourth-order valence-electron chi connectivity index (χ4n) is 6.93. The van der Waals surface area contributed by atoms with Gasteiger partial charge in [-0.2, -0.15) is 6.07 Å². The van der Waals surface area contributed by atoms with Gasteiger partial charge in [-0.3, -0.25) is 0 Å². The largest absolute Gasteiger partial charge is 0.508 e. The molecule has 3 aromatic heterocycles. The standard InChI is InChI=1S/C43H37N4O.Pt/c1-28-13-11-14-29(2)41(28)35-25-33(48-32-16-12-15-31(24-32)46-27-45(6)37-19-9-10-20-38(37)46)26-39-42(35)34-17-7-8-18-36(34)47(39)40-23-30(21-22-44-40)43(3,4)5;/h7-23,25,27H,1-6H3;/q-1;. The van der Waals surface area contributed by atoms with Gasteiger partial charge in [-0.25, -0.2) is 14.1 Å². The Balaban J connectivity index is 0.00000378. The minimum atomic E-state index is -0.0270. The van der Waals surface area contributed by atoms with Crippen LogP contribution in [0.5, 0.6) is 11.5 Å². The molecule has 5 aromatic carbocycles. The molecule has 0 bridgehead atoms. The molecule has 0 aliphatic carbocycles. The van der Waals surface area contributed by atoms with Gasteiger partial charge in [0.15, 0.2) is 17.4 Å². The Bertz CT molecular complexity index is 2500. The second kappa shape index (κ2) is 12.5. The van der Waals surface area contributed by atoms with E-state index in [2.05, 4.69) is 165 Å². The first-order chi connectivity index (χ1) is 23.2. The maximum atomic E-state index is 6.71. The predicted molar refractivity (Wildman–Crippen MR) is 197 cm³/mol. The molecule has 0 spiro atoms. The van der Waals surface area contributed by atoms with Gasteiger partial charge < -0.3 is 9.30 Å². The number of rotatable bonds is 5. The van der Waals surface area contributed by atoms with Crippen molar-refractivity contribution < 1.29 is 25.8 Å². The number of imidazole rings is 1. The topological polar surface area (TPSA) is 36.9 Å². The first kappa shape index (κ1) is 32.6. The maximum Gasteiger partial charge on any atom is 0.188 e. The van der Waals surface area contributed by atoms with Gasteiger partial charge in [0, 0.05) is 69.1 Å². The summed E-state index contributed by atoms with van der Waals surface area (Å²) in [6, 6.07) is 43.1. The van der Waals surface area contributed by atoms with Crippen LogP contribution in [-0.2, 0) is 33.5 Å². The van der Waals surface area contributed by atoms with Gasteiger partial charge in [-0.15, -0.1) is 29.8 Å². The number of pyridine rings is 1. The molecule has 0 atom stereocenters. The molecule has 5 nitrogen and oxygen atoms in total. The zero-order chi connectivity index (χ0) is 33.2. The molecular weight excluding hydrogens is 784 g/mol. The molecule has 6 heteroatoms. The summed E-state index contributed by atoms with van der Waals surface area (Å²) < 4.78 is 13.2. The van der Waals surface area contributed by atoms with Crippen LogP contribution in [0.25, 0.3) is 55.5 Å². The van der Waals surface area contributed by atoms with Crippen molar-refractivity contribution in [1.82, 2.24) is 18.7 Å². The van der Waals surface area contributed by atoms with Crippen molar-refractivity contribution in [2.75, 3.05) is 0 Å². The third-order valence-corrected chi connectivity index (χ3v) is 9.29. The van der Waals surface area contributed by atoms with E-state index < -0.39 is 0 Å². The minimum absolute atomic E-state index is 0. The number of benzene rings is 5. The molecule has 0 N–H and O–H groups in total. The van der Waals surface area contributed by atoms with Crippen LogP contribution in [0.3, 0.4) is 0 Å². The van der Waals surface area contributed by atoms with Gasteiger partial charge in [-0.1, -0.05) is 74.1 Å². The number of para-hydroxylation sites is 3. The van der Waals surface area contributed by atoms with Gasteiger partial charge in [0.2, 0.25) is 0 Å². The van der Waals surface area contributed by atoms with Gasteiger partial charge in [0.25, 0.3) is 0 Å². The predicted octanol–water partition coefficient (Wildman–Crippen LogP) is 10.7. The van der Waals surface area contributed by atoms with Crippen LogP contribution < -0.4 is 4.74 Å². The second-order valence-corrected chi connectivity index (χ2v) is 13.6. The van der Waals surface area contributed by atoms with Crippen molar-refractivity contribution in [1.29, 1.82) is 0 Å². The molecule has 0 unspecified atom stereocenters. The fraction of sp³-hybridized carbons (Fsp3) is 0.163. The van der Waals surface area contributed by atoms with E-state index >= 15 is 0 Å². The van der Waals surface area contributed by atoms with E-state index in [1.54, 1.807) is 0 Å². The molecule has 0 radical (unpaired) electrons. The Morgan fingerprint density at radius 1 is 0.735 bits per heavy atom. The van der Waals surface area contributed by atoms with Crippen molar-refractivity contribution in [3.8, 4) is 34.1 Å². The number of hydrogen-bond acceptors (Lipinski definition) is 2. The Morgan fingerprint density at radius 3 is 2.18 bits per heavy atom. The first-order valence-corrected chi connectivity index (χ1v) is 16.4. The normalized spacial score (nSPS) is 11.7. The van der Waals surface area contributed by atoms with Gasteiger partial charge in [0.05, 0.1) is 0 Å². The van der Waals surface area contributed by atoms with Gasteiger partial charge in [0.1, 0.15) is 5.82 Å². The Morgan fingerprint density at radius 2 is 1.43 bits per heavy atom. The van der Waals surface area contributed by atoms with Crippen LogP contribution in [-0.4, -0.2) is 18.7 Å². The molecule has 0 saturated heterocycles. The molecule has 246 valence electrons. The summed E-state index contributed by atoms with van der Waals surface area (Å²) in [7, 11) is 2.06. The van der Waals surface area contributed by atoms with E-state index in [-0.39, 0.29) is 26.5 Å². The van der Waals surface area contributed by atoms with Crippen molar-refractivity contribution in [2.45, 2.75) is 40.0 Å². The van der Waals surface area contributed by atoms with Gasteiger partial charge in [-0.05, 0) is 77.2 Å². The number of aryl methyl sites for hydroxylation is 3. The SMILES string of the molecule is Cc1cccc(C)c1-c1cc(Oc2[c-]c(-n3[cH+]n(C)c4ccccc43)ccc2)[c-]c2c1c1ccccc1n2-c1cc(C(C)(C)C)ccn1.[Pt]. The maximum absolute atomic E-state index is 6.71. The van der Waals surface area contributed by atoms with Crippen LogP contribution in [0.15, 0.2) is 116 Å². The molecule has 0 fully saturated rings. The summed E-state index contributed by atoms with van der Waals surface area (Å²) in [5.41, 5.74) is 11.1. The Labute approximate surface area is 301 Å². The average Bonchev–Trinajstić information content (AvgIpc) is 3.59. The molecule has 0 amide bonds. The minimum Gasteiger partial charge on any atom is -0.508 e. The van der Waals surface area contributed by atoms with Crippen LogP contribution in [0.4, 0.5) is 0 Å². The molecule has 0 aliphatic rings. The van der Waals surface area contributed by atoms with Crippen LogP contribution in [0.2, 0.25) is 0 Å². The monoisotopic (exact) mass is 820 g/mol. The average molecular weight is 821 g/mol. The van der Waals surface area contributed by atoms with Crippen molar-refractivity contribution in [2.24, 2.45) is 7.05 Å². The number of hydrogen-bond donors (Lipinski definition) is 0. The number of nitrogens with zero attached hydrogens (tertiary/aromatic N) is 4. The van der Waals surface area contributed by atoms with E-state index in [0.717, 1.165) is 49.9 Å². The number of ether oxygens (including phenoxy) is 1. The summed E-state index contributed by atoms with van der Waals surface area (Å²) >= 11 is 0. The second-order valence-electron chi connectivity index (χ2n) is 13.6. The van der Waals surface area contributed by atoms with E-state index in [9.17, 15) is 0 Å². The van der Waals surface area contributed by atoms with E-state index in [0.29, 0.717) is 11.5 Å². The van der Waals surface area contributed by atoms with Crippen LogP contribution >= 0.6 is 0 Å². The van der Waals surface area contributed by atoms with Crippen molar-refractivity contribution >= 4 is 32.8 Å². The summed E-state index contributed by atoms with van der Waals surface area (Å²) in [6.45, 7) is 11.1. The Kier molecular flexibility index (Phi) is 8.29. The van der Waals surface area contributed by atoms with E-state index in [4.69, 9.17) is 9.72 Å².